The van der Waals surface area contributed by atoms with Crippen molar-refractivity contribution in [1.82, 2.24) is 4.37 Å². The van der Waals surface area contributed by atoms with Crippen LogP contribution in [-0.2, 0) is 9.84 Å². The molecule has 0 unspecified atom stereocenters. The molecule has 21 heavy (non-hydrogen) atoms. The van der Waals surface area contributed by atoms with Gasteiger partial charge in [-0.25, -0.2) is 8.42 Å². The molecule has 1 aromatic heterocycles. The van der Waals surface area contributed by atoms with Gasteiger partial charge in [-0.3, -0.25) is 0 Å². The number of rotatable bonds is 7. The van der Waals surface area contributed by atoms with E-state index in [0.717, 1.165) is 4.90 Å². The van der Waals surface area contributed by atoms with Crippen LogP contribution < -0.4 is 10.6 Å². The SMILES string of the molecule is CCCS(=O)(=O)c1c(N)nsc1N(CCO)CC(F)(F)F. The Labute approximate surface area is 124 Å². The molecule has 0 aromatic carbocycles. The van der Waals surface area contributed by atoms with Crippen LogP contribution in [0, 0.1) is 0 Å². The lowest BCUT2D eigenvalue weighted by atomic mass is 10.4. The van der Waals surface area contributed by atoms with Gasteiger partial charge in [0.2, 0.25) is 0 Å². The third-order valence-electron chi connectivity index (χ3n) is 2.47. The third-order valence-corrected chi connectivity index (χ3v) is 5.49. The summed E-state index contributed by atoms with van der Waals surface area (Å²) in [6, 6.07) is 0. The fourth-order valence-electron chi connectivity index (χ4n) is 1.74. The zero-order valence-electron chi connectivity index (χ0n) is 11.2. The van der Waals surface area contributed by atoms with Gasteiger partial charge in [0.25, 0.3) is 0 Å². The average molecular weight is 347 g/mol. The highest BCUT2D eigenvalue weighted by Gasteiger charge is 2.35. The van der Waals surface area contributed by atoms with Crippen molar-refractivity contribution in [3.63, 3.8) is 0 Å². The van der Waals surface area contributed by atoms with Gasteiger partial charge in [0.1, 0.15) is 16.4 Å². The number of nitrogens with two attached hydrogens (primary N) is 1. The summed E-state index contributed by atoms with van der Waals surface area (Å²) < 4.78 is 65.6. The number of halogens is 3. The number of anilines is 2. The first kappa shape index (κ1) is 18.0. The van der Waals surface area contributed by atoms with Crippen molar-refractivity contribution in [2.75, 3.05) is 36.1 Å². The Kier molecular flexibility index (Phi) is 5.82. The maximum absolute atomic E-state index is 12.6. The summed E-state index contributed by atoms with van der Waals surface area (Å²) in [5.41, 5.74) is 5.51. The topological polar surface area (TPSA) is 96.5 Å². The van der Waals surface area contributed by atoms with E-state index in [1.165, 1.54) is 0 Å². The predicted octanol–water partition coefficient (Wildman–Crippen LogP) is 1.27. The Morgan fingerprint density at radius 1 is 1.43 bits per heavy atom. The summed E-state index contributed by atoms with van der Waals surface area (Å²) in [7, 11) is -3.81. The van der Waals surface area contributed by atoms with E-state index >= 15 is 0 Å². The molecule has 11 heteroatoms. The first-order chi connectivity index (χ1) is 9.62. The number of aliphatic hydroxyl groups excluding tert-OH is 1. The molecule has 0 aliphatic rings. The van der Waals surface area contributed by atoms with Crippen LogP contribution in [0.3, 0.4) is 0 Å². The Hall–Kier alpha value is -1.07. The molecule has 1 heterocycles. The molecule has 0 atom stereocenters. The van der Waals surface area contributed by atoms with Crippen LogP contribution >= 0.6 is 11.5 Å². The molecule has 0 bridgehead atoms. The Balaban J connectivity index is 3.28. The lowest BCUT2D eigenvalue weighted by Crippen LogP contribution is -2.36. The number of hydrogen-bond acceptors (Lipinski definition) is 7. The van der Waals surface area contributed by atoms with Crippen molar-refractivity contribution in [3.05, 3.63) is 0 Å². The number of hydrogen-bond donors (Lipinski definition) is 2. The fraction of sp³-hybridized carbons (Fsp3) is 0.700. The summed E-state index contributed by atoms with van der Waals surface area (Å²) in [5, 5.41) is 8.71. The van der Waals surface area contributed by atoms with Crippen LogP contribution in [0.2, 0.25) is 0 Å². The number of sulfone groups is 1. The van der Waals surface area contributed by atoms with Gasteiger partial charge in [-0.1, -0.05) is 6.92 Å². The number of aliphatic hydroxyl groups is 1. The van der Waals surface area contributed by atoms with E-state index in [-0.39, 0.29) is 28.0 Å². The van der Waals surface area contributed by atoms with Gasteiger partial charge in [-0.2, -0.15) is 17.5 Å². The Morgan fingerprint density at radius 3 is 2.52 bits per heavy atom. The van der Waals surface area contributed by atoms with Crippen molar-refractivity contribution in [3.8, 4) is 0 Å². The third kappa shape index (κ3) is 4.71. The zero-order valence-corrected chi connectivity index (χ0v) is 12.9. The number of nitrogens with zero attached hydrogens (tertiary/aromatic N) is 2. The summed E-state index contributed by atoms with van der Waals surface area (Å²) in [6.07, 6.45) is -4.24. The minimum atomic E-state index is -4.54. The van der Waals surface area contributed by atoms with Crippen molar-refractivity contribution >= 4 is 32.2 Å². The predicted molar refractivity (Wildman–Crippen MR) is 74.2 cm³/mol. The first-order valence-electron chi connectivity index (χ1n) is 6.03. The molecular weight excluding hydrogens is 331 g/mol. The van der Waals surface area contributed by atoms with Crippen LogP contribution in [0.15, 0.2) is 4.90 Å². The molecule has 6 nitrogen and oxygen atoms in total. The highest BCUT2D eigenvalue weighted by atomic mass is 32.2. The Morgan fingerprint density at radius 2 is 2.05 bits per heavy atom. The standard InChI is InChI=1S/C10H16F3N3O3S2/c1-2-5-21(18,19)7-8(14)15-20-9(7)16(3-4-17)6-10(11,12)13/h17H,2-6H2,1H3,(H2,14,15). The fourth-order valence-corrected chi connectivity index (χ4v) is 4.53. The maximum Gasteiger partial charge on any atom is 0.405 e. The van der Waals surface area contributed by atoms with Crippen molar-refractivity contribution in [2.45, 2.75) is 24.4 Å². The van der Waals surface area contributed by atoms with Crippen LogP contribution in [0.5, 0.6) is 0 Å². The van der Waals surface area contributed by atoms with Gasteiger partial charge in [0.15, 0.2) is 15.7 Å². The van der Waals surface area contributed by atoms with Gasteiger partial charge in [-0.15, -0.1) is 0 Å². The minimum Gasteiger partial charge on any atom is -0.395 e. The zero-order chi connectivity index (χ0) is 16.3. The lowest BCUT2D eigenvalue weighted by Gasteiger charge is -2.24. The van der Waals surface area contributed by atoms with E-state index in [0.29, 0.717) is 18.0 Å². The molecule has 0 radical (unpaired) electrons. The van der Waals surface area contributed by atoms with E-state index in [1.807, 2.05) is 0 Å². The maximum atomic E-state index is 12.6. The number of aromatic nitrogens is 1. The molecule has 3 N–H and O–H groups in total. The molecule has 1 aromatic rings. The summed E-state index contributed by atoms with van der Waals surface area (Å²) in [5.74, 6) is -0.546. The normalized spacial score (nSPS) is 12.6. The molecule has 0 saturated heterocycles. The Bertz CT molecular complexity index is 572. The molecule has 0 fully saturated rings. The highest BCUT2D eigenvalue weighted by molar-refractivity contribution is 7.91. The van der Waals surface area contributed by atoms with E-state index in [1.54, 1.807) is 6.92 Å². The molecule has 0 saturated carbocycles. The number of nitrogen functional groups attached to an aromatic ring is 1. The second-order valence-corrected chi connectivity index (χ2v) is 7.08. The smallest absolute Gasteiger partial charge is 0.395 e. The van der Waals surface area contributed by atoms with Crippen LogP contribution in [0.25, 0.3) is 0 Å². The average Bonchev–Trinajstić information content (AvgIpc) is 2.69. The lowest BCUT2D eigenvalue weighted by molar-refractivity contribution is -0.119. The molecule has 0 amide bonds. The van der Waals surface area contributed by atoms with Gasteiger partial charge >= 0.3 is 6.18 Å². The van der Waals surface area contributed by atoms with E-state index in [4.69, 9.17) is 10.8 Å². The quantitative estimate of drug-likeness (QED) is 0.771. The molecule has 0 aliphatic heterocycles. The van der Waals surface area contributed by atoms with E-state index < -0.39 is 29.2 Å². The van der Waals surface area contributed by atoms with Gasteiger partial charge in [0, 0.05) is 6.54 Å². The second-order valence-electron chi connectivity index (χ2n) is 4.28. The van der Waals surface area contributed by atoms with Crippen molar-refractivity contribution in [2.24, 2.45) is 0 Å². The van der Waals surface area contributed by atoms with Gasteiger partial charge in [-0.05, 0) is 18.0 Å². The summed E-state index contributed by atoms with van der Waals surface area (Å²) >= 11 is 0.578. The van der Waals surface area contributed by atoms with Crippen LogP contribution in [0.1, 0.15) is 13.3 Å². The minimum absolute atomic E-state index is 0.188. The largest absolute Gasteiger partial charge is 0.405 e. The number of alkyl halides is 3. The molecule has 1 rings (SSSR count). The summed E-state index contributed by atoms with van der Waals surface area (Å²) in [6.45, 7) is -0.671. The van der Waals surface area contributed by atoms with Crippen LogP contribution in [-0.4, -0.2) is 49.5 Å². The highest BCUT2D eigenvalue weighted by Crippen LogP contribution is 2.36. The molecular formula is C10H16F3N3O3S2. The first-order valence-corrected chi connectivity index (χ1v) is 8.45. The van der Waals surface area contributed by atoms with Crippen LogP contribution in [0.4, 0.5) is 24.0 Å². The second kappa shape index (κ2) is 6.79. The van der Waals surface area contributed by atoms with Gasteiger partial charge < -0.3 is 15.7 Å². The van der Waals surface area contributed by atoms with Crippen molar-refractivity contribution in [1.29, 1.82) is 0 Å². The molecule has 122 valence electrons. The van der Waals surface area contributed by atoms with E-state index in [9.17, 15) is 21.6 Å². The summed E-state index contributed by atoms with van der Waals surface area (Å²) in [4.78, 5) is 0.350. The molecule has 0 aliphatic carbocycles. The van der Waals surface area contributed by atoms with Gasteiger partial charge in [0.05, 0.1) is 12.4 Å². The van der Waals surface area contributed by atoms with E-state index in [2.05, 4.69) is 4.37 Å². The monoisotopic (exact) mass is 347 g/mol. The molecule has 0 spiro atoms. The van der Waals surface area contributed by atoms with Crippen molar-refractivity contribution < 1.29 is 26.7 Å².